The van der Waals surface area contributed by atoms with Gasteiger partial charge in [-0.2, -0.15) is 0 Å². The van der Waals surface area contributed by atoms with Crippen molar-refractivity contribution in [2.75, 3.05) is 7.11 Å². The zero-order chi connectivity index (χ0) is 10.8. The van der Waals surface area contributed by atoms with E-state index in [0.717, 1.165) is 12.8 Å². The van der Waals surface area contributed by atoms with Gasteiger partial charge >= 0.3 is 0 Å². The number of benzene rings is 1. The maximum absolute atomic E-state index is 11.7. The van der Waals surface area contributed by atoms with Crippen LogP contribution in [0, 0.1) is 0 Å². The minimum Gasteiger partial charge on any atom is -0.507 e. The average Bonchev–Trinajstić information content (AvgIpc) is 3.00. The standard InChI is InChI=1S/C11H13NO3/c1-15-9-4-2-3-8(13)10(9)11(14)12-7-5-6-7/h2-4,7,13H,5-6H2,1H3,(H,12,14). The van der Waals surface area contributed by atoms with Crippen molar-refractivity contribution in [2.24, 2.45) is 0 Å². The number of ether oxygens (including phenoxy) is 1. The fraction of sp³-hybridized carbons (Fsp3) is 0.364. The first kappa shape index (κ1) is 9.83. The van der Waals surface area contributed by atoms with Crippen molar-refractivity contribution in [3.63, 3.8) is 0 Å². The Morgan fingerprint density at radius 3 is 2.87 bits per heavy atom. The van der Waals surface area contributed by atoms with Gasteiger partial charge in [-0.25, -0.2) is 0 Å². The van der Waals surface area contributed by atoms with E-state index in [0.29, 0.717) is 5.75 Å². The molecule has 0 aliphatic heterocycles. The molecule has 0 aromatic heterocycles. The van der Waals surface area contributed by atoms with Crippen molar-refractivity contribution in [3.8, 4) is 11.5 Å². The third-order valence-corrected chi connectivity index (χ3v) is 2.36. The van der Waals surface area contributed by atoms with Crippen LogP contribution in [0.1, 0.15) is 23.2 Å². The van der Waals surface area contributed by atoms with E-state index in [-0.39, 0.29) is 23.3 Å². The molecule has 2 N–H and O–H groups in total. The summed E-state index contributed by atoms with van der Waals surface area (Å²) >= 11 is 0. The number of hydrogen-bond acceptors (Lipinski definition) is 3. The Bertz CT molecular complexity index is 385. The number of hydrogen-bond donors (Lipinski definition) is 2. The molecule has 80 valence electrons. The number of aromatic hydroxyl groups is 1. The van der Waals surface area contributed by atoms with E-state index in [1.807, 2.05) is 0 Å². The largest absolute Gasteiger partial charge is 0.507 e. The molecule has 0 saturated heterocycles. The van der Waals surface area contributed by atoms with Gasteiger partial charge < -0.3 is 15.2 Å². The van der Waals surface area contributed by atoms with Crippen LogP contribution in [0.3, 0.4) is 0 Å². The molecule has 0 atom stereocenters. The monoisotopic (exact) mass is 207 g/mol. The van der Waals surface area contributed by atoms with Crippen LogP contribution < -0.4 is 10.1 Å². The number of carbonyl (C=O) groups excluding carboxylic acids is 1. The smallest absolute Gasteiger partial charge is 0.259 e. The lowest BCUT2D eigenvalue weighted by Crippen LogP contribution is -2.25. The molecule has 4 nitrogen and oxygen atoms in total. The first-order chi connectivity index (χ1) is 7.22. The summed E-state index contributed by atoms with van der Waals surface area (Å²) in [5.41, 5.74) is 0.215. The highest BCUT2D eigenvalue weighted by Gasteiger charge is 2.26. The summed E-state index contributed by atoms with van der Waals surface area (Å²) in [6.07, 6.45) is 2.03. The summed E-state index contributed by atoms with van der Waals surface area (Å²) in [4.78, 5) is 11.7. The Morgan fingerprint density at radius 1 is 1.53 bits per heavy atom. The molecule has 1 amide bonds. The van der Waals surface area contributed by atoms with Crippen molar-refractivity contribution in [1.82, 2.24) is 5.32 Å². The molecule has 1 aliphatic carbocycles. The van der Waals surface area contributed by atoms with Gasteiger partial charge in [-0.1, -0.05) is 6.07 Å². The highest BCUT2D eigenvalue weighted by atomic mass is 16.5. The predicted molar refractivity (Wildman–Crippen MR) is 55.1 cm³/mol. The third-order valence-electron chi connectivity index (χ3n) is 2.36. The van der Waals surface area contributed by atoms with E-state index in [1.54, 1.807) is 12.1 Å². The fourth-order valence-electron chi connectivity index (χ4n) is 1.40. The van der Waals surface area contributed by atoms with Crippen molar-refractivity contribution in [2.45, 2.75) is 18.9 Å². The number of methoxy groups -OCH3 is 1. The summed E-state index contributed by atoms with van der Waals surface area (Å²) < 4.78 is 5.03. The second kappa shape index (κ2) is 3.81. The van der Waals surface area contributed by atoms with Gasteiger partial charge in [-0.3, -0.25) is 4.79 Å². The molecule has 0 unspecified atom stereocenters. The molecule has 15 heavy (non-hydrogen) atoms. The van der Waals surface area contributed by atoms with Crippen LogP contribution in [0.2, 0.25) is 0 Å². The summed E-state index contributed by atoms with van der Waals surface area (Å²) in [6.45, 7) is 0. The Kier molecular flexibility index (Phi) is 2.49. The molecular weight excluding hydrogens is 194 g/mol. The quantitative estimate of drug-likeness (QED) is 0.785. The second-order valence-corrected chi connectivity index (χ2v) is 3.60. The van der Waals surface area contributed by atoms with Crippen LogP contribution >= 0.6 is 0 Å². The summed E-state index contributed by atoms with van der Waals surface area (Å²) in [5.74, 6) is 0.0769. The normalized spacial score (nSPS) is 14.7. The zero-order valence-electron chi connectivity index (χ0n) is 8.49. The van der Waals surface area contributed by atoms with E-state index in [2.05, 4.69) is 5.32 Å². The third kappa shape index (κ3) is 2.03. The molecule has 1 aliphatic rings. The summed E-state index contributed by atoms with van der Waals surface area (Å²) in [5, 5.41) is 12.4. The minimum absolute atomic E-state index is 0.0486. The van der Waals surface area contributed by atoms with E-state index in [1.165, 1.54) is 13.2 Å². The highest BCUT2D eigenvalue weighted by molar-refractivity contribution is 5.99. The number of phenols is 1. The van der Waals surface area contributed by atoms with Gasteiger partial charge in [0.05, 0.1) is 7.11 Å². The maximum Gasteiger partial charge on any atom is 0.259 e. The lowest BCUT2D eigenvalue weighted by atomic mass is 10.1. The van der Waals surface area contributed by atoms with Crippen LogP contribution in [0.25, 0.3) is 0 Å². The highest BCUT2D eigenvalue weighted by Crippen LogP contribution is 2.28. The lowest BCUT2D eigenvalue weighted by Gasteiger charge is -2.09. The van der Waals surface area contributed by atoms with Crippen LogP contribution in [0.15, 0.2) is 18.2 Å². The van der Waals surface area contributed by atoms with Gasteiger partial charge in [0.1, 0.15) is 17.1 Å². The number of nitrogens with one attached hydrogen (secondary N) is 1. The Labute approximate surface area is 87.9 Å². The molecule has 0 spiro atoms. The summed E-state index contributed by atoms with van der Waals surface area (Å²) in [7, 11) is 1.47. The van der Waals surface area contributed by atoms with Gasteiger partial charge in [-0.15, -0.1) is 0 Å². The molecule has 1 saturated carbocycles. The maximum atomic E-state index is 11.7. The Hall–Kier alpha value is -1.71. The van der Waals surface area contributed by atoms with Gasteiger partial charge in [-0.05, 0) is 25.0 Å². The van der Waals surface area contributed by atoms with E-state index in [9.17, 15) is 9.90 Å². The van der Waals surface area contributed by atoms with Gasteiger partial charge in [0, 0.05) is 6.04 Å². The average molecular weight is 207 g/mol. The molecule has 0 heterocycles. The van der Waals surface area contributed by atoms with Crippen LogP contribution in [-0.2, 0) is 0 Å². The first-order valence-electron chi connectivity index (χ1n) is 4.89. The fourth-order valence-corrected chi connectivity index (χ4v) is 1.40. The number of carbonyl (C=O) groups is 1. The molecule has 0 bridgehead atoms. The Morgan fingerprint density at radius 2 is 2.27 bits per heavy atom. The molecule has 1 fully saturated rings. The second-order valence-electron chi connectivity index (χ2n) is 3.60. The minimum atomic E-state index is -0.271. The molecule has 4 heteroatoms. The van der Waals surface area contributed by atoms with E-state index >= 15 is 0 Å². The number of rotatable bonds is 3. The SMILES string of the molecule is COc1cccc(O)c1C(=O)NC1CC1. The van der Waals surface area contributed by atoms with Crippen LogP contribution in [-0.4, -0.2) is 24.2 Å². The number of amides is 1. The predicted octanol–water partition coefficient (Wildman–Crippen LogP) is 1.29. The summed E-state index contributed by atoms with van der Waals surface area (Å²) in [6, 6.07) is 5.04. The molecule has 1 aromatic rings. The van der Waals surface area contributed by atoms with Gasteiger partial charge in [0.2, 0.25) is 0 Å². The zero-order valence-corrected chi connectivity index (χ0v) is 8.49. The van der Waals surface area contributed by atoms with Gasteiger partial charge in [0.25, 0.3) is 5.91 Å². The van der Waals surface area contributed by atoms with Crippen LogP contribution in [0.5, 0.6) is 11.5 Å². The van der Waals surface area contributed by atoms with E-state index in [4.69, 9.17) is 4.74 Å². The van der Waals surface area contributed by atoms with Crippen molar-refractivity contribution >= 4 is 5.91 Å². The lowest BCUT2D eigenvalue weighted by molar-refractivity contribution is 0.0945. The molecule has 1 aromatic carbocycles. The topological polar surface area (TPSA) is 58.6 Å². The van der Waals surface area contributed by atoms with E-state index < -0.39 is 0 Å². The number of phenolic OH excluding ortho intramolecular Hbond substituents is 1. The van der Waals surface area contributed by atoms with Crippen molar-refractivity contribution in [1.29, 1.82) is 0 Å². The first-order valence-corrected chi connectivity index (χ1v) is 4.89. The molecule has 0 radical (unpaired) electrons. The van der Waals surface area contributed by atoms with Gasteiger partial charge in [0.15, 0.2) is 0 Å². The molecular formula is C11H13NO3. The Balaban J connectivity index is 2.27. The molecule has 2 rings (SSSR count). The van der Waals surface area contributed by atoms with Crippen LogP contribution in [0.4, 0.5) is 0 Å². The van der Waals surface area contributed by atoms with Crippen molar-refractivity contribution in [3.05, 3.63) is 23.8 Å². The van der Waals surface area contributed by atoms with Crippen molar-refractivity contribution < 1.29 is 14.6 Å².